The van der Waals surface area contributed by atoms with E-state index in [1.54, 1.807) is 15.9 Å². The van der Waals surface area contributed by atoms with E-state index in [0.29, 0.717) is 10.7 Å². The summed E-state index contributed by atoms with van der Waals surface area (Å²) in [6, 6.07) is 15.7. The van der Waals surface area contributed by atoms with Crippen LogP contribution in [0.1, 0.15) is 58.6 Å². The van der Waals surface area contributed by atoms with Gasteiger partial charge in [0, 0.05) is 10.4 Å². The van der Waals surface area contributed by atoms with E-state index >= 15 is 0 Å². The Hall–Kier alpha value is -2.70. The smallest absolute Gasteiger partial charge is 0.267 e. The molecule has 5 rings (SSSR count). The van der Waals surface area contributed by atoms with E-state index in [1.807, 2.05) is 62.4 Å². The van der Waals surface area contributed by atoms with Gasteiger partial charge in [-0.3, -0.25) is 14.2 Å². The van der Waals surface area contributed by atoms with Crippen molar-refractivity contribution in [1.29, 1.82) is 0 Å². The molecule has 0 spiro atoms. The summed E-state index contributed by atoms with van der Waals surface area (Å²) >= 11 is 3.01. The van der Waals surface area contributed by atoms with E-state index in [1.165, 1.54) is 27.8 Å². The Morgan fingerprint density at radius 3 is 2.50 bits per heavy atom. The van der Waals surface area contributed by atoms with Crippen molar-refractivity contribution in [3.63, 3.8) is 0 Å². The Morgan fingerprint density at radius 2 is 1.79 bits per heavy atom. The van der Waals surface area contributed by atoms with Gasteiger partial charge in [-0.15, -0.1) is 11.3 Å². The molecule has 0 fully saturated rings. The van der Waals surface area contributed by atoms with Gasteiger partial charge < -0.3 is 0 Å². The number of thioether (sulfide) groups is 1. The van der Waals surface area contributed by atoms with Gasteiger partial charge in [0.2, 0.25) is 0 Å². The normalized spacial score (nSPS) is 14.2. The molecule has 34 heavy (non-hydrogen) atoms. The average Bonchev–Trinajstić information content (AvgIpc) is 3.23. The second-order valence-corrected chi connectivity index (χ2v) is 11.3. The van der Waals surface area contributed by atoms with E-state index in [4.69, 9.17) is 4.98 Å². The van der Waals surface area contributed by atoms with Gasteiger partial charge >= 0.3 is 0 Å². The van der Waals surface area contributed by atoms with E-state index in [-0.39, 0.29) is 16.6 Å². The maximum absolute atomic E-state index is 13.9. The molecular weight excluding hydrogens is 460 g/mol. The SMILES string of the molecule is CCc1ccc(C(=O)C(C)Sc2nc3sc4c(c3c(=O)n2-c2ccc(C)cc2)CCCC4)cc1. The molecular formula is C28H28N2O2S2. The molecule has 2 aromatic carbocycles. The summed E-state index contributed by atoms with van der Waals surface area (Å²) in [6.45, 7) is 6.03. The Kier molecular flexibility index (Phi) is 6.45. The van der Waals surface area contributed by atoms with Gasteiger partial charge in [0.1, 0.15) is 4.83 Å². The van der Waals surface area contributed by atoms with Gasteiger partial charge in [0.05, 0.1) is 16.3 Å². The molecule has 0 bridgehead atoms. The van der Waals surface area contributed by atoms with Crippen LogP contribution in [-0.4, -0.2) is 20.6 Å². The molecule has 0 saturated carbocycles. The van der Waals surface area contributed by atoms with E-state index in [2.05, 4.69) is 6.92 Å². The topological polar surface area (TPSA) is 52.0 Å². The van der Waals surface area contributed by atoms with E-state index < -0.39 is 0 Å². The zero-order chi connectivity index (χ0) is 23.8. The van der Waals surface area contributed by atoms with Crippen LogP contribution >= 0.6 is 23.1 Å². The van der Waals surface area contributed by atoms with Crippen LogP contribution in [0.3, 0.4) is 0 Å². The first-order valence-corrected chi connectivity index (χ1v) is 13.6. The Balaban J connectivity index is 1.60. The fraction of sp³-hybridized carbons (Fsp3) is 0.321. The number of fused-ring (bicyclic) bond motifs is 3. The molecule has 2 heterocycles. The van der Waals surface area contributed by atoms with Gasteiger partial charge in [-0.05, 0) is 69.2 Å². The number of benzene rings is 2. The molecule has 1 unspecified atom stereocenters. The van der Waals surface area contributed by atoms with Crippen LogP contribution in [0.25, 0.3) is 15.9 Å². The lowest BCUT2D eigenvalue weighted by Gasteiger charge is -2.16. The summed E-state index contributed by atoms with van der Waals surface area (Å²) in [7, 11) is 0. The third-order valence-electron chi connectivity index (χ3n) is 6.55. The standard InChI is InChI=1S/C28H28N2O2S2/c1-4-19-11-13-20(14-12-19)25(31)18(3)33-28-29-26-24(22-7-5-6-8-23(22)34-26)27(32)30(28)21-15-9-17(2)10-16-21/h9-16,18H,4-8H2,1-3H3. The lowest BCUT2D eigenvalue weighted by molar-refractivity contribution is 0.0994. The number of thiophene rings is 1. The Bertz CT molecular complexity index is 1420. The molecule has 174 valence electrons. The van der Waals surface area contributed by atoms with Crippen molar-refractivity contribution in [2.24, 2.45) is 0 Å². The molecule has 0 saturated heterocycles. The summed E-state index contributed by atoms with van der Waals surface area (Å²) in [4.78, 5) is 34.2. The highest BCUT2D eigenvalue weighted by Gasteiger charge is 2.25. The van der Waals surface area contributed by atoms with Crippen LogP contribution in [0.15, 0.2) is 58.5 Å². The van der Waals surface area contributed by atoms with Crippen molar-refractivity contribution < 1.29 is 4.79 Å². The number of carbonyl (C=O) groups excluding carboxylic acids is 1. The first-order valence-electron chi connectivity index (χ1n) is 11.9. The van der Waals surface area contributed by atoms with Crippen LogP contribution in [0, 0.1) is 6.92 Å². The number of hydrogen-bond donors (Lipinski definition) is 0. The monoisotopic (exact) mass is 488 g/mol. The minimum absolute atomic E-state index is 0.0253. The van der Waals surface area contributed by atoms with E-state index in [9.17, 15) is 9.59 Å². The summed E-state index contributed by atoms with van der Waals surface area (Å²) < 4.78 is 1.71. The molecule has 0 N–H and O–H groups in total. The van der Waals surface area contributed by atoms with Gasteiger partial charge in [-0.2, -0.15) is 0 Å². The van der Waals surface area contributed by atoms with Crippen molar-refractivity contribution in [3.8, 4) is 5.69 Å². The average molecular weight is 489 g/mol. The zero-order valence-electron chi connectivity index (χ0n) is 19.8. The minimum atomic E-state index is -0.372. The maximum atomic E-state index is 13.9. The number of aromatic nitrogens is 2. The van der Waals surface area contributed by atoms with Crippen LogP contribution in [0.2, 0.25) is 0 Å². The molecule has 1 aliphatic rings. The first-order chi connectivity index (χ1) is 16.5. The fourth-order valence-corrected chi connectivity index (χ4v) is 6.84. The van der Waals surface area contributed by atoms with Crippen molar-refractivity contribution in [1.82, 2.24) is 9.55 Å². The van der Waals surface area contributed by atoms with Gasteiger partial charge in [-0.1, -0.05) is 60.6 Å². The third kappa shape index (κ3) is 4.25. The van der Waals surface area contributed by atoms with Crippen molar-refractivity contribution >= 4 is 39.1 Å². The summed E-state index contributed by atoms with van der Waals surface area (Å²) in [5, 5.41) is 0.966. The Morgan fingerprint density at radius 1 is 1.09 bits per heavy atom. The second-order valence-electron chi connectivity index (χ2n) is 8.94. The summed E-state index contributed by atoms with van der Waals surface area (Å²) in [6.07, 6.45) is 5.18. The molecule has 0 aliphatic heterocycles. The fourth-order valence-electron chi connectivity index (χ4n) is 4.54. The molecule has 0 amide bonds. The lowest BCUT2D eigenvalue weighted by Crippen LogP contribution is -2.24. The number of Topliss-reactive ketones (excluding diaryl/α,β-unsaturated/α-hetero) is 1. The molecule has 1 atom stereocenters. The molecule has 2 aromatic heterocycles. The predicted molar refractivity (Wildman–Crippen MR) is 142 cm³/mol. The summed E-state index contributed by atoms with van der Waals surface area (Å²) in [5.41, 5.74) is 4.97. The van der Waals surface area contributed by atoms with Crippen LogP contribution in [0.5, 0.6) is 0 Å². The molecule has 6 heteroatoms. The largest absolute Gasteiger partial charge is 0.293 e. The van der Waals surface area contributed by atoms with Crippen LogP contribution < -0.4 is 5.56 Å². The first kappa shape index (κ1) is 23.1. The highest BCUT2D eigenvalue weighted by atomic mass is 32.2. The van der Waals surface area contributed by atoms with Crippen LogP contribution in [0.4, 0.5) is 0 Å². The molecule has 0 radical (unpaired) electrons. The zero-order valence-corrected chi connectivity index (χ0v) is 21.4. The third-order valence-corrected chi connectivity index (χ3v) is 8.79. The number of carbonyl (C=O) groups is 1. The highest BCUT2D eigenvalue weighted by Crippen LogP contribution is 2.36. The number of aryl methyl sites for hydroxylation is 4. The van der Waals surface area contributed by atoms with Gasteiger partial charge in [0.25, 0.3) is 5.56 Å². The molecule has 4 nitrogen and oxygen atoms in total. The summed E-state index contributed by atoms with van der Waals surface area (Å²) in [5.74, 6) is 0.0444. The van der Waals surface area contributed by atoms with Gasteiger partial charge in [-0.25, -0.2) is 4.98 Å². The van der Waals surface area contributed by atoms with Gasteiger partial charge in [0.15, 0.2) is 10.9 Å². The minimum Gasteiger partial charge on any atom is -0.293 e. The quantitative estimate of drug-likeness (QED) is 0.175. The molecule has 1 aliphatic carbocycles. The highest BCUT2D eigenvalue weighted by molar-refractivity contribution is 8.00. The van der Waals surface area contributed by atoms with E-state index in [0.717, 1.165) is 53.6 Å². The molecule has 4 aromatic rings. The lowest BCUT2D eigenvalue weighted by atomic mass is 9.97. The van der Waals surface area contributed by atoms with Crippen molar-refractivity contribution in [2.45, 2.75) is 63.3 Å². The number of ketones is 1. The predicted octanol–water partition coefficient (Wildman–Crippen LogP) is 6.56. The Labute approximate surface area is 208 Å². The number of nitrogens with zero attached hydrogens (tertiary/aromatic N) is 2. The number of hydrogen-bond acceptors (Lipinski definition) is 5. The van der Waals surface area contributed by atoms with Crippen LogP contribution in [-0.2, 0) is 19.3 Å². The van der Waals surface area contributed by atoms with Crippen molar-refractivity contribution in [3.05, 3.63) is 86.0 Å². The van der Waals surface area contributed by atoms with Crippen molar-refractivity contribution in [2.75, 3.05) is 0 Å². The maximum Gasteiger partial charge on any atom is 0.267 e. The number of rotatable bonds is 6. The second kappa shape index (κ2) is 9.51.